The highest BCUT2D eigenvalue weighted by Gasteiger charge is 2.22. The maximum atomic E-state index is 11.7. The second-order valence-electron chi connectivity index (χ2n) is 4.71. The summed E-state index contributed by atoms with van der Waals surface area (Å²) in [6, 6.07) is 4.41. The maximum Gasteiger partial charge on any atom is 0.338 e. The Balaban J connectivity index is 2.82. The van der Waals surface area contributed by atoms with Gasteiger partial charge in [0, 0.05) is 23.9 Å². The van der Waals surface area contributed by atoms with Crippen LogP contribution in [0.5, 0.6) is 0 Å². The third-order valence-electron chi connectivity index (χ3n) is 3.00. The number of carbonyl (C=O) groups excluding carboxylic acids is 2. The molecule has 2 atom stereocenters. The van der Waals surface area contributed by atoms with Gasteiger partial charge in [-0.05, 0) is 31.5 Å². The van der Waals surface area contributed by atoms with Crippen molar-refractivity contribution < 1.29 is 24.5 Å². The lowest BCUT2D eigenvalue weighted by molar-refractivity contribution is -0.109. The first kappa shape index (κ1) is 18.5. The molecule has 0 saturated heterocycles. The highest BCUT2D eigenvalue weighted by atomic mass is 32.2. The number of hydrogen-bond acceptors (Lipinski definition) is 7. The van der Waals surface area contributed by atoms with Crippen molar-refractivity contribution in [2.24, 2.45) is 0 Å². The van der Waals surface area contributed by atoms with E-state index in [2.05, 4.69) is 0 Å². The summed E-state index contributed by atoms with van der Waals surface area (Å²) in [4.78, 5) is 22.5. The minimum Gasteiger partial charge on any atom is -0.462 e. The van der Waals surface area contributed by atoms with E-state index >= 15 is 0 Å². The van der Waals surface area contributed by atoms with Gasteiger partial charge in [-0.15, -0.1) is 0 Å². The molecular formula is C15H21NO5S. The van der Waals surface area contributed by atoms with Crippen molar-refractivity contribution >= 4 is 28.5 Å². The minimum absolute atomic E-state index is 0.0505. The fraction of sp³-hybridized carbons (Fsp3) is 0.467. The summed E-state index contributed by atoms with van der Waals surface area (Å²) in [5.74, 6) is -0.122. The smallest absolute Gasteiger partial charge is 0.338 e. The van der Waals surface area contributed by atoms with Gasteiger partial charge in [-0.2, -0.15) is 0 Å². The highest BCUT2D eigenvalue weighted by molar-refractivity contribution is 8.13. The Labute approximate surface area is 133 Å². The quantitative estimate of drug-likeness (QED) is 0.514. The predicted molar refractivity (Wildman–Crippen MR) is 85.5 cm³/mol. The number of anilines is 1. The molecule has 1 aromatic carbocycles. The monoisotopic (exact) mass is 327 g/mol. The van der Waals surface area contributed by atoms with Crippen LogP contribution in [0.15, 0.2) is 18.2 Å². The summed E-state index contributed by atoms with van der Waals surface area (Å²) in [6.45, 7) is 3.38. The topological polar surface area (TPSA) is 110 Å². The number of rotatable bonds is 7. The minimum atomic E-state index is -1.23. The number of esters is 1. The summed E-state index contributed by atoms with van der Waals surface area (Å²) in [7, 11) is 0. The van der Waals surface area contributed by atoms with Crippen molar-refractivity contribution in [1.29, 1.82) is 0 Å². The molecule has 6 nitrogen and oxygen atoms in total. The molecule has 0 spiro atoms. The van der Waals surface area contributed by atoms with Crippen LogP contribution in [0.25, 0.3) is 0 Å². The lowest BCUT2D eigenvalue weighted by atomic mass is 9.98. The lowest BCUT2D eigenvalue weighted by Gasteiger charge is -2.20. The average Bonchev–Trinajstić information content (AvgIpc) is 2.46. The molecule has 0 amide bonds. The average molecular weight is 327 g/mol. The molecule has 0 radical (unpaired) electrons. The van der Waals surface area contributed by atoms with Gasteiger partial charge in [-0.1, -0.05) is 11.8 Å². The van der Waals surface area contributed by atoms with Crippen LogP contribution < -0.4 is 5.73 Å². The van der Waals surface area contributed by atoms with Gasteiger partial charge in [0.15, 0.2) is 5.12 Å². The number of nitrogen functional groups attached to an aromatic ring is 1. The Morgan fingerprint density at radius 2 is 2.05 bits per heavy atom. The van der Waals surface area contributed by atoms with E-state index in [0.717, 1.165) is 11.8 Å². The Kier molecular flexibility index (Phi) is 7.37. The van der Waals surface area contributed by atoms with Gasteiger partial charge in [0.2, 0.25) is 0 Å². The maximum absolute atomic E-state index is 11.7. The second kappa shape index (κ2) is 8.77. The molecule has 7 heteroatoms. The zero-order valence-corrected chi connectivity index (χ0v) is 13.4. The SMILES string of the molecule is CCOC(=O)c1ccc(N)c(C(O)C(O)CCSC(C)=O)c1. The van der Waals surface area contributed by atoms with Gasteiger partial charge in [0.1, 0.15) is 6.10 Å². The van der Waals surface area contributed by atoms with Gasteiger partial charge in [-0.3, -0.25) is 4.79 Å². The van der Waals surface area contributed by atoms with E-state index in [1.54, 1.807) is 6.92 Å². The van der Waals surface area contributed by atoms with Gasteiger partial charge < -0.3 is 20.7 Å². The molecule has 0 aliphatic rings. The molecule has 0 heterocycles. The fourth-order valence-corrected chi connectivity index (χ4v) is 2.51. The van der Waals surface area contributed by atoms with Crippen LogP contribution in [0.2, 0.25) is 0 Å². The van der Waals surface area contributed by atoms with Crippen LogP contribution in [0.4, 0.5) is 5.69 Å². The van der Waals surface area contributed by atoms with E-state index in [4.69, 9.17) is 10.5 Å². The molecule has 0 aliphatic carbocycles. The van der Waals surface area contributed by atoms with E-state index < -0.39 is 18.2 Å². The standard InChI is InChI=1S/C15H21NO5S/c1-3-21-15(20)10-4-5-12(16)11(8-10)14(19)13(18)6-7-22-9(2)17/h4-5,8,13-14,18-19H,3,6-7,16H2,1-2H3. The molecule has 1 rings (SSSR count). The third kappa shape index (κ3) is 5.32. The number of benzene rings is 1. The van der Waals surface area contributed by atoms with Crippen molar-refractivity contribution in [2.75, 3.05) is 18.1 Å². The van der Waals surface area contributed by atoms with E-state index in [-0.39, 0.29) is 35.0 Å². The van der Waals surface area contributed by atoms with E-state index in [1.807, 2.05) is 0 Å². The van der Waals surface area contributed by atoms with E-state index in [0.29, 0.717) is 5.75 Å². The van der Waals surface area contributed by atoms with Crippen LogP contribution >= 0.6 is 11.8 Å². The lowest BCUT2D eigenvalue weighted by Crippen LogP contribution is -2.21. The Bertz CT molecular complexity index is 535. The number of thioether (sulfide) groups is 1. The highest BCUT2D eigenvalue weighted by Crippen LogP contribution is 2.27. The zero-order chi connectivity index (χ0) is 16.7. The van der Waals surface area contributed by atoms with Crippen molar-refractivity contribution in [1.82, 2.24) is 0 Å². The van der Waals surface area contributed by atoms with E-state index in [9.17, 15) is 19.8 Å². The molecular weight excluding hydrogens is 306 g/mol. The van der Waals surface area contributed by atoms with Crippen LogP contribution in [0, 0.1) is 0 Å². The summed E-state index contributed by atoms with van der Waals surface area (Å²) in [5.41, 5.74) is 6.60. The number of ether oxygens (including phenoxy) is 1. The first-order chi connectivity index (χ1) is 10.4. The Morgan fingerprint density at radius 1 is 1.36 bits per heavy atom. The number of aliphatic hydroxyl groups is 2. The Hall–Kier alpha value is -1.57. The summed E-state index contributed by atoms with van der Waals surface area (Å²) < 4.78 is 4.89. The van der Waals surface area contributed by atoms with Gasteiger partial charge >= 0.3 is 5.97 Å². The largest absolute Gasteiger partial charge is 0.462 e. The third-order valence-corrected chi connectivity index (χ3v) is 3.85. The van der Waals surface area contributed by atoms with Gasteiger partial charge in [-0.25, -0.2) is 4.79 Å². The van der Waals surface area contributed by atoms with Gasteiger partial charge in [0.05, 0.1) is 18.3 Å². The number of nitrogens with two attached hydrogens (primary N) is 1. The molecule has 0 bridgehead atoms. The second-order valence-corrected chi connectivity index (χ2v) is 5.98. The first-order valence-electron chi connectivity index (χ1n) is 6.92. The molecule has 0 saturated carbocycles. The van der Waals surface area contributed by atoms with Crippen LogP contribution in [-0.4, -0.2) is 39.8 Å². The van der Waals surface area contributed by atoms with Crippen LogP contribution in [0.1, 0.15) is 42.3 Å². The summed E-state index contributed by atoms with van der Waals surface area (Å²) in [6.07, 6.45) is -2.08. The molecule has 0 aliphatic heterocycles. The zero-order valence-electron chi connectivity index (χ0n) is 12.6. The normalized spacial score (nSPS) is 13.5. The molecule has 4 N–H and O–H groups in total. The number of aliphatic hydroxyl groups excluding tert-OH is 2. The predicted octanol–water partition coefficient (Wildman–Crippen LogP) is 1.51. The van der Waals surface area contributed by atoms with Gasteiger partial charge in [0.25, 0.3) is 0 Å². The number of carbonyl (C=O) groups is 2. The fourth-order valence-electron chi connectivity index (χ4n) is 1.86. The van der Waals surface area contributed by atoms with Crippen molar-refractivity contribution in [3.63, 3.8) is 0 Å². The van der Waals surface area contributed by atoms with Crippen LogP contribution in [-0.2, 0) is 9.53 Å². The molecule has 22 heavy (non-hydrogen) atoms. The number of hydrogen-bond donors (Lipinski definition) is 3. The summed E-state index contributed by atoms with van der Waals surface area (Å²) in [5, 5.41) is 20.1. The Morgan fingerprint density at radius 3 is 2.64 bits per heavy atom. The summed E-state index contributed by atoms with van der Waals surface area (Å²) >= 11 is 1.08. The van der Waals surface area contributed by atoms with Crippen molar-refractivity contribution in [3.8, 4) is 0 Å². The van der Waals surface area contributed by atoms with Crippen molar-refractivity contribution in [3.05, 3.63) is 29.3 Å². The molecule has 0 aromatic heterocycles. The van der Waals surface area contributed by atoms with E-state index in [1.165, 1.54) is 25.1 Å². The molecule has 122 valence electrons. The molecule has 2 unspecified atom stereocenters. The molecule has 1 aromatic rings. The van der Waals surface area contributed by atoms with Crippen LogP contribution in [0.3, 0.4) is 0 Å². The van der Waals surface area contributed by atoms with Crippen molar-refractivity contribution in [2.45, 2.75) is 32.5 Å². The molecule has 0 fully saturated rings. The first-order valence-corrected chi connectivity index (χ1v) is 7.91.